The Morgan fingerprint density at radius 2 is 2.00 bits per heavy atom. The Bertz CT molecular complexity index is 276. The Balaban J connectivity index is 1.68. The van der Waals surface area contributed by atoms with E-state index in [0.29, 0.717) is 6.04 Å². The van der Waals surface area contributed by atoms with Crippen molar-refractivity contribution in [2.45, 2.75) is 64.6 Å². The van der Waals surface area contributed by atoms with Crippen LogP contribution in [0.1, 0.15) is 46.5 Å². The summed E-state index contributed by atoms with van der Waals surface area (Å²) in [6.07, 6.45) is 6.07. The topological polar surface area (TPSA) is 15.3 Å². The second-order valence-electron chi connectivity index (χ2n) is 7.05. The van der Waals surface area contributed by atoms with Crippen molar-refractivity contribution >= 4 is 0 Å². The first-order valence-electron chi connectivity index (χ1n) is 7.64. The van der Waals surface area contributed by atoms with Gasteiger partial charge in [-0.1, -0.05) is 20.3 Å². The van der Waals surface area contributed by atoms with Gasteiger partial charge in [0.15, 0.2) is 0 Å². The Labute approximate surface area is 106 Å². The zero-order valence-corrected chi connectivity index (χ0v) is 11.7. The van der Waals surface area contributed by atoms with Crippen LogP contribution < -0.4 is 5.32 Å². The van der Waals surface area contributed by atoms with Crippen molar-refractivity contribution in [2.24, 2.45) is 17.8 Å². The van der Waals surface area contributed by atoms with Crippen LogP contribution in [0.2, 0.25) is 0 Å². The highest BCUT2D eigenvalue weighted by Crippen LogP contribution is 2.47. The highest BCUT2D eigenvalue weighted by atomic mass is 15.3. The average Bonchev–Trinajstić information content (AvgIpc) is 2.91. The first kappa shape index (κ1) is 12.0. The number of nitrogens with zero attached hydrogens (tertiary/aromatic N) is 1. The Morgan fingerprint density at radius 3 is 2.59 bits per heavy atom. The summed E-state index contributed by atoms with van der Waals surface area (Å²) in [5.41, 5.74) is 0. The fourth-order valence-electron chi connectivity index (χ4n) is 4.44. The van der Waals surface area contributed by atoms with Gasteiger partial charge in [0, 0.05) is 31.2 Å². The number of hydrogen-bond acceptors (Lipinski definition) is 2. The van der Waals surface area contributed by atoms with Gasteiger partial charge in [-0.25, -0.2) is 0 Å². The number of hydrogen-bond donors (Lipinski definition) is 1. The molecule has 2 nitrogen and oxygen atoms in total. The molecule has 3 fully saturated rings. The van der Waals surface area contributed by atoms with Gasteiger partial charge in [0.2, 0.25) is 0 Å². The maximum Gasteiger partial charge on any atom is 0.0218 e. The van der Waals surface area contributed by atoms with Crippen molar-refractivity contribution < 1.29 is 0 Å². The maximum atomic E-state index is 3.72. The van der Waals surface area contributed by atoms with E-state index in [9.17, 15) is 0 Å². The monoisotopic (exact) mass is 236 g/mol. The smallest absolute Gasteiger partial charge is 0.0218 e. The lowest BCUT2D eigenvalue weighted by Crippen LogP contribution is -2.60. The minimum Gasteiger partial charge on any atom is -0.311 e. The lowest BCUT2D eigenvalue weighted by Gasteiger charge is -2.46. The molecule has 17 heavy (non-hydrogen) atoms. The van der Waals surface area contributed by atoms with Gasteiger partial charge in [0.05, 0.1) is 0 Å². The largest absolute Gasteiger partial charge is 0.311 e. The van der Waals surface area contributed by atoms with E-state index < -0.39 is 0 Å². The summed E-state index contributed by atoms with van der Waals surface area (Å²) >= 11 is 0. The number of nitrogens with one attached hydrogen (secondary N) is 1. The molecule has 98 valence electrons. The molecule has 1 aliphatic heterocycles. The molecule has 1 heterocycles. The molecular weight excluding hydrogens is 208 g/mol. The molecule has 5 unspecified atom stereocenters. The van der Waals surface area contributed by atoms with Gasteiger partial charge in [-0.15, -0.1) is 0 Å². The molecule has 2 heteroatoms. The second kappa shape index (κ2) is 4.55. The molecule has 0 amide bonds. The fraction of sp³-hybridized carbons (Fsp3) is 1.00. The summed E-state index contributed by atoms with van der Waals surface area (Å²) < 4.78 is 0. The maximum absolute atomic E-state index is 3.72. The third-order valence-corrected chi connectivity index (χ3v) is 5.58. The third-order valence-electron chi connectivity index (χ3n) is 5.58. The third kappa shape index (κ3) is 2.15. The molecule has 3 rings (SSSR count). The van der Waals surface area contributed by atoms with Crippen LogP contribution >= 0.6 is 0 Å². The number of piperazine rings is 1. The fourth-order valence-corrected chi connectivity index (χ4v) is 4.44. The van der Waals surface area contributed by atoms with Crippen LogP contribution in [-0.4, -0.2) is 36.1 Å². The van der Waals surface area contributed by atoms with Crippen LogP contribution in [0.4, 0.5) is 0 Å². The van der Waals surface area contributed by atoms with E-state index in [4.69, 9.17) is 0 Å². The van der Waals surface area contributed by atoms with E-state index in [1.165, 1.54) is 38.8 Å². The molecule has 2 saturated carbocycles. The predicted molar refractivity (Wildman–Crippen MR) is 72.0 cm³/mol. The molecule has 0 aromatic carbocycles. The molecule has 0 aromatic heterocycles. The van der Waals surface area contributed by atoms with E-state index in [2.05, 4.69) is 31.0 Å². The Hall–Kier alpha value is -0.0800. The van der Waals surface area contributed by atoms with Gasteiger partial charge in [0.25, 0.3) is 0 Å². The van der Waals surface area contributed by atoms with E-state index in [-0.39, 0.29) is 0 Å². The predicted octanol–water partition coefficient (Wildman–Crippen LogP) is 2.49. The van der Waals surface area contributed by atoms with E-state index in [1.54, 1.807) is 0 Å². The van der Waals surface area contributed by atoms with Gasteiger partial charge in [-0.3, -0.25) is 4.90 Å². The van der Waals surface area contributed by atoms with Gasteiger partial charge >= 0.3 is 0 Å². The molecular formula is C15H28N2. The molecule has 2 aliphatic carbocycles. The normalized spacial score (nSPS) is 46.9. The van der Waals surface area contributed by atoms with Gasteiger partial charge in [-0.2, -0.15) is 0 Å². The highest BCUT2D eigenvalue weighted by Gasteiger charge is 2.44. The lowest BCUT2D eigenvalue weighted by atomic mass is 9.90. The zero-order chi connectivity index (χ0) is 12.0. The number of fused-ring (bicyclic) bond motifs is 2. The summed E-state index contributed by atoms with van der Waals surface area (Å²) in [6, 6.07) is 2.38. The molecule has 0 aromatic rings. The summed E-state index contributed by atoms with van der Waals surface area (Å²) in [5.74, 6) is 2.88. The molecule has 0 radical (unpaired) electrons. The molecule has 3 aliphatic rings. The molecule has 0 spiro atoms. The van der Waals surface area contributed by atoms with Crippen LogP contribution in [0.3, 0.4) is 0 Å². The summed E-state index contributed by atoms with van der Waals surface area (Å²) in [5, 5.41) is 3.72. The lowest BCUT2D eigenvalue weighted by molar-refractivity contribution is 0.0513. The first-order valence-corrected chi connectivity index (χ1v) is 7.64. The average molecular weight is 236 g/mol. The van der Waals surface area contributed by atoms with Crippen LogP contribution in [0, 0.1) is 17.8 Å². The van der Waals surface area contributed by atoms with Crippen molar-refractivity contribution in [2.75, 3.05) is 13.1 Å². The number of rotatable bonds is 2. The van der Waals surface area contributed by atoms with Crippen LogP contribution in [0.5, 0.6) is 0 Å². The van der Waals surface area contributed by atoms with Crippen molar-refractivity contribution in [3.05, 3.63) is 0 Å². The van der Waals surface area contributed by atoms with Gasteiger partial charge in [0.1, 0.15) is 0 Å². The van der Waals surface area contributed by atoms with Gasteiger partial charge in [-0.05, 0) is 43.9 Å². The van der Waals surface area contributed by atoms with Crippen molar-refractivity contribution in [1.29, 1.82) is 0 Å². The minimum atomic E-state index is 0.713. The summed E-state index contributed by atoms with van der Waals surface area (Å²) in [4.78, 5) is 2.85. The molecule has 2 bridgehead atoms. The van der Waals surface area contributed by atoms with Crippen LogP contribution in [0.15, 0.2) is 0 Å². The Kier molecular flexibility index (Phi) is 3.20. The summed E-state index contributed by atoms with van der Waals surface area (Å²) in [7, 11) is 0. The van der Waals surface area contributed by atoms with E-state index in [1.807, 2.05) is 0 Å². The van der Waals surface area contributed by atoms with Gasteiger partial charge < -0.3 is 5.32 Å². The summed E-state index contributed by atoms with van der Waals surface area (Å²) in [6.45, 7) is 9.60. The van der Waals surface area contributed by atoms with Crippen LogP contribution in [-0.2, 0) is 0 Å². The van der Waals surface area contributed by atoms with Crippen molar-refractivity contribution in [3.8, 4) is 0 Å². The molecule has 1 N–H and O–H groups in total. The van der Waals surface area contributed by atoms with E-state index >= 15 is 0 Å². The van der Waals surface area contributed by atoms with Crippen LogP contribution in [0.25, 0.3) is 0 Å². The molecule has 5 atom stereocenters. The van der Waals surface area contributed by atoms with Crippen molar-refractivity contribution in [3.63, 3.8) is 0 Å². The van der Waals surface area contributed by atoms with E-state index in [0.717, 1.165) is 29.8 Å². The SMILES string of the molecule is CC(C)C1CN(C2CC3CCC2C3)C(C)CN1. The molecule has 1 saturated heterocycles. The standard InChI is InChI=1S/C15H28N2/c1-10(2)14-9-17(11(3)8-16-14)15-7-12-4-5-13(15)6-12/h10-16H,4-9H2,1-3H3. The minimum absolute atomic E-state index is 0.713. The second-order valence-corrected chi connectivity index (χ2v) is 7.05. The Morgan fingerprint density at radius 1 is 1.18 bits per heavy atom. The van der Waals surface area contributed by atoms with Crippen molar-refractivity contribution in [1.82, 2.24) is 10.2 Å². The quantitative estimate of drug-likeness (QED) is 0.792. The highest BCUT2D eigenvalue weighted by molar-refractivity contribution is 4.99. The zero-order valence-electron chi connectivity index (χ0n) is 11.7. The first-order chi connectivity index (χ1) is 8.15.